The number of hydrogen-bond acceptors (Lipinski definition) is 2. The van der Waals surface area contributed by atoms with E-state index in [0.717, 1.165) is 112 Å². The summed E-state index contributed by atoms with van der Waals surface area (Å²) in [6, 6.07) is 80.7. The molecule has 332 valence electrons. The summed E-state index contributed by atoms with van der Waals surface area (Å²) in [4.78, 5) is 9.40. The van der Waals surface area contributed by atoms with Gasteiger partial charge in [0.15, 0.2) is 0 Å². The quantitative estimate of drug-likeness (QED) is 0.142. The third-order valence-corrected chi connectivity index (χ3v) is 14.2. The van der Waals surface area contributed by atoms with Gasteiger partial charge in [0.05, 0.1) is 33.5 Å². The van der Waals surface area contributed by atoms with E-state index in [2.05, 4.69) is 223 Å². The highest BCUT2D eigenvalue weighted by Gasteiger charge is 2.22. The van der Waals surface area contributed by atoms with Crippen LogP contribution in [0.4, 0.5) is 0 Å². The molecule has 0 aliphatic carbocycles. The van der Waals surface area contributed by atoms with Crippen molar-refractivity contribution >= 4 is 56.9 Å². The van der Waals surface area contributed by atoms with Gasteiger partial charge in [0, 0.05) is 56.4 Å². The van der Waals surface area contributed by atoms with Crippen LogP contribution in [-0.2, 0) is 0 Å². The van der Waals surface area contributed by atoms with Crippen LogP contribution in [-0.4, -0.2) is 26.9 Å². The monoisotopic (exact) mass is 904 g/mol. The number of aromatic nitrogens is 4. The molecule has 0 spiro atoms. The predicted octanol–water partition coefficient (Wildman–Crippen LogP) is 16.1. The maximum atomic E-state index is 7.18. The van der Waals surface area contributed by atoms with E-state index in [4.69, 9.17) is 17.8 Å². The van der Waals surface area contributed by atoms with Gasteiger partial charge < -0.3 is 9.13 Å². The number of pyridine rings is 2. The zero-order chi connectivity index (χ0) is 47.6. The lowest BCUT2D eigenvalue weighted by Gasteiger charge is -2.19. The third-order valence-electron chi connectivity index (χ3n) is 14.2. The van der Waals surface area contributed by atoms with Gasteiger partial charge in [-0.3, -0.25) is 9.97 Å². The van der Waals surface area contributed by atoms with Crippen LogP contribution in [0.3, 0.4) is 0 Å². The standard InChI is InChI=1S/C66H45BN4/c1-42-33-44(61-23-13-15-31-68-61)27-29-51(42)57-40-65-59(53-21-9-11-25-63(53)70(65)49-17-5-3-6-18-49)38-55(57)46-35-47(37-48(67)36-46)56-39-60-54-22-10-12-26-64(54)71(50-19-7-4-8-20-50)66(60)41-58(56)52-30-28-45(34-43(52)2)62-24-14-16-32-69-62/h3-41H,1-2H3. The van der Waals surface area contributed by atoms with Gasteiger partial charge in [-0.2, -0.15) is 0 Å². The number of para-hydroxylation sites is 4. The lowest BCUT2D eigenvalue weighted by atomic mass is 9.83. The molecule has 0 N–H and O–H groups in total. The summed E-state index contributed by atoms with van der Waals surface area (Å²) in [5, 5.41) is 4.74. The average Bonchev–Trinajstić information content (AvgIpc) is 3.93. The van der Waals surface area contributed by atoms with Crippen molar-refractivity contribution in [2.24, 2.45) is 0 Å². The molecule has 0 atom stereocenters. The minimum Gasteiger partial charge on any atom is -0.309 e. The topological polar surface area (TPSA) is 35.6 Å². The summed E-state index contributed by atoms with van der Waals surface area (Å²) in [7, 11) is 7.18. The van der Waals surface area contributed by atoms with Crippen LogP contribution in [0.15, 0.2) is 237 Å². The molecule has 13 aromatic rings. The average molecular weight is 905 g/mol. The first kappa shape index (κ1) is 42.1. The minimum atomic E-state index is 0.692. The molecule has 71 heavy (non-hydrogen) atoms. The van der Waals surface area contributed by atoms with Crippen LogP contribution in [0.25, 0.3) is 122 Å². The van der Waals surface area contributed by atoms with Gasteiger partial charge in [0.2, 0.25) is 0 Å². The first-order valence-corrected chi connectivity index (χ1v) is 24.2. The van der Waals surface area contributed by atoms with Crippen molar-refractivity contribution in [1.29, 1.82) is 0 Å². The van der Waals surface area contributed by atoms with E-state index in [1.807, 2.05) is 36.7 Å². The molecule has 4 heterocycles. The number of benzene rings is 9. The molecule has 0 fully saturated rings. The van der Waals surface area contributed by atoms with Crippen LogP contribution >= 0.6 is 0 Å². The van der Waals surface area contributed by atoms with E-state index in [-0.39, 0.29) is 0 Å². The SMILES string of the molecule is [B]c1cc(-c2cc3c4ccccc4n(-c4ccccc4)c3cc2-c2ccc(-c3ccccn3)cc2C)cc(-c2cc3c4ccccc4n(-c4ccccc4)c3cc2-c2ccc(-c3ccccn3)cc2C)c1. The van der Waals surface area contributed by atoms with E-state index in [1.54, 1.807) is 0 Å². The van der Waals surface area contributed by atoms with E-state index in [9.17, 15) is 0 Å². The third kappa shape index (κ3) is 7.25. The molecule has 0 aliphatic rings. The summed E-state index contributed by atoms with van der Waals surface area (Å²) in [6.45, 7) is 4.42. The molecule has 13 rings (SSSR count). The number of fused-ring (bicyclic) bond motifs is 6. The summed E-state index contributed by atoms with van der Waals surface area (Å²) in [5.74, 6) is 0. The summed E-state index contributed by atoms with van der Waals surface area (Å²) in [6.07, 6.45) is 3.71. The lowest BCUT2D eigenvalue weighted by molar-refractivity contribution is 1.18. The van der Waals surface area contributed by atoms with Crippen LogP contribution in [0, 0.1) is 13.8 Å². The normalized spacial score (nSPS) is 11.6. The van der Waals surface area contributed by atoms with Crippen molar-refractivity contribution < 1.29 is 0 Å². The second-order valence-electron chi connectivity index (χ2n) is 18.5. The van der Waals surface area contributed by atoms with Gasteiger partial charge in [-0.1, -0.05) is 127 Å². The van der Waals surface area contributed by atoms with Crippen molar-refractivity contribution in [2.45, 2.75) is 13.8 Å². The maximum Gasteiger partial charge on any atom is 0.113 e. The molecule has 5 heteroatoms. The van der Waals surface area contributed by atoms with Crippen LogP contribution in [0.5, 0.6) is 0 Å². The second-order valence-corrected chi connectivity index (χ2v) is 18.5. The van der Waals surface area contributed by atoms with Gasteiger partial charge in [-0.15, -0.1) is 0 Å². The zero-order valence-electron chi connectivity index (χ0n) is 39.4. The molecule has 4 aromatic heterocycles. The summed E-state index contributed by atoms with van der Waals surface area (Å²) in [5.41, 5.74) is 22.7. The lowest BCUT2D eigenvalue weighted by Crippen LogP contribution is -2.04. The summed E-state index contributed by atoms with van der Waals surface area (Å²) < 4.78 is 4.80. The van der Waals surface area contributed by atoms with E-state index in [0.29, 0.717) is 5.46 Å². The van der Waals surface area contributed by atoms with Gasteiger partial charge in [0.25, 0.3) is 0 Å². The summed E-state index contributed by atoms with van der Waals surface area (Å²) >= 11 is 0. The van der Waals surface area contributed by atoms with E-state index >= 15 is 0 Å². The van der Waals surface area contributed by atoms with Gasteiger partial charge >= 0.3 is 0 Å². The Hall–Kier alpha value is -9.06. The molecular formula is C66H45BN4. The van der Waals surface area contributed by atoms with Crippen LogP contribution in [0.2, 0.25) is 0 Å². The number of aryl methyl sites for hydroxylation is 2. The van der Waals surface area contributed by atoms with Crippen molar-refractivity contribution in [1.82, 2.24) is 19.1 Å². The molecule has 2 radical (unpaired) electrons. The molecule has 4 nitrogen and oxygen atoms in total. The van der Waals surface area contributed by atoms with Crippen molar-refractivity contribution in [3.63, 3.8) is 0 Å². The molecule has 0 aliphatic heterocycles. The Bertz CT molecular complexity index is 3910. The number of rotatable bonds is 8. The van der Waals surface area contributed by atoms with Gasteiger partial charge in [-0.25, -0.2) is 0 Å². The van der Waals surface area contributed by atoms with E-state index < -0.39 is 0 Å². The van der Waals surface area contributed by atoms with E-state index in [1.165, 1.54) is 21.5 Å². The van der Waals surface area contributed by atoms with Crippen LogP contribution < -0.4 is 5.46 Å². The maximum absolute atomic E-state index is 7.18. The molecule has 0 amide bonds. The second kappa shape index (κ2) is 17.2. The minimum absolute atomic E-state index is 0.692. The Morgan fingerprint density at radius 2 is 0.732 bits per heavy atom. The Kier molecular flexibility index (Phi) is 10.2. The van der Waals surface area contributed by atoms with Gasteiger partial charge in [0.1, 0.15) is 7.85 Å². The first-order valence-electron chi connectivity index (χ1n) is 24.2. The Balaban J connectivity index is 1.08. The predicted molar refractivity (Wildman–Crippen MR) is 298 cm³/mol. The molecule has 0 bridgehead atoms. The Morgan fingerprint density at radius 3 is 1.15 bits per heavy atom. The van der Waals surface area contributed by atoms with Gasteiger partial charge in [-0.05, 0) is 173 Å². The Morgan fingerprint density at radius 1 is 0.310 bits per heavy atom. The molecule has 0 unspecified atom stereocenters. The fraction of sp³-hybridized carbons (Fsp3) is 0.0303. The highest BCUT2D eigenvalue weighted by Crippen LogP contribution is 2.46. The van der Waals surface area contributed by atoms with Crippen molar-refractivity contribution in [3.05, 3.63) is 248 Å². The highest BCUT2D eigenvalue weighted by atomic mass is 15.0. The van der Waals surface area contributed by atoms with Crippen molar-refractivity contribution in [2.75, 3.05) is 0 Å². The Labute approximate surface area is 414 Å². The molecule has 9 aromatic carbocycles. The molecular weight excluding hydrogens is 860 g/mol. The fourth-order valence-electron chi connectivity index (χ4n) is 10.9. The zero-order valence-corrected chi connectivity index (χ0v) is 39.4. The van der Waals surface area contributed by atoms with Crippen molar-refractivity contribution in [3.8, 4) is 78.4 Å². The highest BCUT2D eigenvalue weighted by molar-refractivity contribution is 6.33. The largest absolute Gasteiger partial charge is 0.309 e. The van der Waals surface area contributed by atoms with Crippen LogP contribution in [0.1, 0.15) is 11.1 Å². The first-order chi connectivity index (χ1) is 34.9. The smallest absolute Gasteiger partial charge is 0.113 e. The fourth-order valence-corrected chi connectivity index (χ4v) is 10.9. The number of nitrogens with zero attached hydrogens (tertiary/aromatic N) is 4. The molecule has 0 saturated heterocycles. The number of hydrogen-bond donors (Lipinski definition) is 0. The molecule has 0 saturated carbocycles.